The molecule has 0 radical (unpaired) electrons. The Kier molecular flexibility index (Phi) is 4.06. The molecule has 19 heavy (non-hydrogen) atoms. The third-order valence-corrected chi connectivity index (χ3v) is 2.59. The molecule has 2 aromatic rings. The fourth-order valence-corrected chi connectivity index (χ4v) is 1.77. The van der Waals surface area contributed by atoms with E-state index in [1.165, 1.54) is 0 Å². The van der Waals surface area contributed by atoms with Crippen LogP contribution in [0.5, 0.6) is 5.75 Å². The highest BCUT2D eigenvalue weighted by Gasteiger charge is 2.19. The molecule has 0 saturated heterocycles. The van der Waals surface area contributed by atoms with Crippen molar-refractivity contribution in [2.75, 3.05) is 0 Å². The molecule has 2 N–H and O–H groups in total. The summed E-state index contributed by atoms with van der Waals surface area (Å²) in [5, 5.41) is 0. The third kappa shape index (κ3) is 3.48. The lowest BCUT2D eigenvalue weighted by molar-refractivity contribution is 0.178. The predicted molar refractivity (Wildman–Crippen MR) is 67.6 cm³/mol. The summed E-state index contributed by atoms with van der Waals surface area (Å²) in [5.74, 6) is -1.28. The van der Waals surface area contributed by atoms with Gasteiger partial charge in [0.2, 0.25) is 0 Å². The summed E-state index contributed by atoms with van der Waals surface area (Å²) in [6, 6.07) is 6.23. The van der Waals surface area contributed by atoms with E-state index in [0.717, 1.165) is 23.8 Å². The summed E-state index contributed by atoms with van der Waals surface area (Å²) in [5.41, 5.74) is 6.60. The van der Waals surface area contributed by atoms with Crippen LogP contribution in [0.2, 0.25) is 0 Å². The van der Waals surface area contributed by atoms with Crippen molar-refractivity contribution in [1.82, 2.24) is 4.98 Å². The number of hydrogen-bond acceptors (Lipinski definition) is 3. The molecule has 1 heterocycles. The minimum Gasteiger partial charge on any atom is -0.484 e. The van der Waals surface area contributed by atoms with Crippen LogP contribution in [0.4, 0.5) is 8.78 Å². The second kappa shape index (κ2) is 5.75. The maximum absolute atomic E-state index is 13.1. The molecule has 0 spiro atoms. The molecule has 2 atom stereocenters. The SMILES string of the molecule is CC(N)C(Oc1cc(F)cc(F)c1)c1cccnc1. The van der Waals surface area contributed by atoms with Crippen molar-refractivity contribution in [2.45, 2.75) is 19.1 Å². The van der Waals surface area contributed by atoms with Gasteiger partial charge in [-0.3, -0.25) is 4.98 Å². The van der Waals surface area contributed by atoms with Crippen molar-refractivity contribution >= 4 is 0 Å². The molecule has 0 bridgehead atoms. The highest BCUT2D eigenvalue weighted by Crippen LogP contribution is 2.25. The van der Waals surface area contributed by atoms with Crippen LogP contribution >= 0.6 is 0 Å². The van der Waals surface area contributed by atoms with E-state index in [-0.39, 0.29) is 11.8 Å². The zero-order valence-corrected chi connectivity index (χ0v) is 10.4. The Morgan fingerprint density at radius 1 is 1.21 bits per heavy atom. The summed E-state index contributed by atoms with van der Waals surface area (Å²) in [6.07, 6.45) is 2.72. The van der Waals surface area contributed by atoms with Gasteiger partial charge in [0.25, 0.3) is 0 Å². The van der Waals surface area contributed by atoms with Gasteiger partial charge in [0.15, 0.2) is 0 Å². The largest absolute Gasteiger partial charge is 0.484 e. The van der Waals surface area contributed by atoms with Crippen molar-refractivity contribution in [3.8, 4) is 5.75 Å². The first-order valence-corrected chi connectivity index (χ1v) is 5.84. The van der Waals surface area contributed by atoms with Crippen LogP contribution in [0.15, 0.2) is 42.7 Å². The first-order valence-electron chi connectivity index (χ1n) is 5.84. The van der Waals surface area contributed by atoms with Crippen molar-refractivity contribution in [2.24, 2.45) is 5.73 Å². The predicted octanol–water partition coefficient (Wildman–Crippen LogP) is 2.83. The monoisotopic (exact) mass is 264 g/mol. The Labute approximate surface area is 110 Å². The van der Waals surface area contributed by atoms with E-state index in [1.54, 1.807) is 31.5 Å². The first kappa shape index (κ1) is 13.4. The van der Waals surface area contributed by atoms with Crippen LogP contribution in [0.1, 0.15) is 18.6 Å². The van der Waals surface area contributed by atoms with Crippen LogP contribution in [-0.2, 0) is 0 Å². The zero-order valence-electron chi connectivity index (χ0n) is 10.4. The van der Waals surface area contributed by atoms with Crippen molar-refractivity contribution < 1.29 is 13.5 Å². The number of pyridine rings is 1. The summed E-state index contributed by atoms with van der Waals surface area (Å²) >= 11 is 0. The molecule has 0 fully saturated rings. The normalized spacial score (nSPS) is 13.9. The van der Waals surface area contributed by atoms with Crippen molar-refractivity contribution in [3.05, 3.63) is 59.9 Å². The van der Waals surface area contributed by atoms with Crippen molar-refractivity contribution in [3.63, 3.8) is 0 Å². The summed E-state index contributed by atoms with van der Waals surface area (Å²) in [7, 11) is 0. The van der Waals surface area contributed by atoms with Gasteiger partial charge < -0.3 is 10.5 Å². The summed E-state index contributed by atoms with van der Waals surface area (Å²) < 4.78 is 31.8. The smallest absolute Gasteiger partial charge is 0.140 e. The maximum Gasteiger partial charge on any atom is 0.140 e. The van der Waals surface area contributed by atoms with Gasteiger partial charge in [-0.15, -0.1) is 0 Å². The molecule has 2 rings (SSSR count). The van der Waals surface area contributed by atoms with Gasteiger partial charge in [0.05, 0.1) is 0 Å². The van der Waals surface area contributed by atoms with Crippen LogP contribution < -0.4 is 10.5 Å². The molecule has 0 amide bonds. The number of nitrogens with two attached hydrogens (primary N) is 1. The standard InChI is InChI=1S/C14H14F2N2O/c1-9(17)14(10-3-2-4-18-8-10)19-13-6-11(15)5-12(16)7-13/h2-9,14H,17H2,1H3. The van der Waals surface area contributed by atoms with Gasteiger partial charge in [-0.2, -0.15) is 0 Å². The Bertz CT molecular complexity index is 526. The van der Waals surface area contributed by atoms with Gasteiger partial charge in [-0.25, -0.2) is 8.78 Å². The number of hydrogen-bond donors (Lipinski definition) is 1. The molecule has 100 valence electrons. The van der Waals surface area contributed by atoms with Crippen LogP contribution in [0.25, 0.3) is 0 Å². The molecule has 2 unspecified atom stereocenters. The number of halogens is 2. The molecule has 5 heteroatoms. The van der Waals surface area contributed by atoms with Crippen LogP contribution in [0, 0.1) is 11.6 Å². The molecule has 0 aliphatic rings. The molecule has 1 aromatic heterocycles. The minimum absolute atomic E-state index is 0.101. The molecule has 0 aliphatic carbocycles. The van der Waals surface area contributed by atoms with E-state index in [1.807, 2.05) is 0 Å². The van der Waals surface area contributed by atoms with E-state index in [4.69, 9.17) is 10.5 Å². The van der Waals surface area contributed by atoms with Gasteiger partial charge in [-0.05, 0) is 13.0 Å². The molecule has 1 aromatic carbocycles. The Hall–Kier alpha value is -2.01. The quantitative estimate of drug-likeness (QED) is 0.923. The lowest BCUT2D eigenvalue weighted by Gasteiger charge is -2.22. The average Bonchev–Trinajstić information content (AvgIpc) is 2.35. The highest BCUT2D eigenvalue weighted by molar-refractivity contribution is 5.26. The first-order chi connectivity index (χ1) is 9.06. The highest BCUT2D eigenvalue weighted by atomic mass is 19.1. The lowest BCUT2D eigenvalue weighted by atomic mass is 10.1. The van der Waals surface area contributed by atoms with Gasteiger partial charge in [0.1, 0.15) is 23.5 Å². The zero-order chi connectivity index (χ0) is 13.8. The van der Waals surface area contributed by atoms with Gasteiger partial charge in [-0.1, -0.05) is 6.07 Å². The number of benzene rings is 1. The van der Waals surface area contributed by atoms with Crippen LogP contribution in [-0.4, -0.2) is 11.0 Å². The summed E-state index contributed by atoms with van der Waals surface area (Å²) in [6.45, 7) is 1.76. The Balaban J connectivity index is 2.27. The third-order valence-electron chi connectivity index (χ3n) is 2.59. The molecular formula is C14H14F2N2O. The van der Waals surface area contributed by atoms with E-state index < -0.39 is 17.7 Å². The second-order valence-corrected chi connectivity index (χ2v) is 4.29. The number of ether oxygens (including phenoxy) is 1. The van der Waals surface area contributed by atoms with Gasteiger partial charge in [0, 0.05) is 42.2 Å². The number of rotatable bonds is 4. The Morgan fingerprint density at radius 2 is 1.89 bits per heavy atom. The topological polar surface area (TPSA) is 48.1 Å². The minimum atomic E-state index is -0.690. The van der Waals surface area contributed by atoms with E-state index in [0.29, 0.717) is 0 Å². The van der Waals surface area contributed by atoms with Crippen LogP contribution in [0.3, 0.4) is 0 Å². The molecular weight excluding hydrogens is 250 g/mol. The van der Waals surface area contributed by atoms with Gasteiger partial charge >= 0.3 is 0 Å². The second-order valence-electron chi connectivity index (χ2n) is 4.29. The fourth-order valence-electron chi connectivity index (χ4n) is 1.77. The van der Waals surface area contributed by atoms with E-state index in [9.17, 15) is 8.78 Å². The summed E-state index contributed by atoms with van der Waals surface area (Å²) in [4.78, 5) is 3.98. The lowest BCUT2D eigenvalue weighted by Crippen LogP contribution is -2.29. The van der Waals surface area contributed by atoms with E-state index >= 15 is 0 Å². The number of aromatic nitrogens is 1. The van der Waals surface area contributed by atoms with E-state index in [2.05, 4.69) is 4.98 Å². The van der Waals surface area contributed by atoms with Crippen molar-refractivity contribution in [1.29, 1.82) is 0 Å². The fraction of sp³-hybridized carbons (Fsp3) is 0.214. The number of nitrogens with zero attached hydrogens (tertiary/aromatic N) is 1. The Morgan fingerprint density at radius 3 is 2.42 bits per heavy atom. The molecule has 0 aliphatic heterocycles. The maximum atomic E-state index is 13.1. The average molecular weight is 264 g/mol. The molecule has 3 nitrogen and oxygen atoms in total. The molecule has 0 saturated carbocycles.